The van der Waals surface area contributed by atoms with Crippen LogP contribution in [0, 0.1) is 24.0 Å². The Labute approximate surface area is 165 Å². The van der Waals surface area contributed by atoms with E-state index in [9.17, 15) is 8.78 Å². The first-order valence-corrected chi connectivity index (χ1v) is 8.84. The first-order chi connectivity index (χ1) is 13.6. The summed E-state index contributed by atoms with van der Waals surface area (Å²) in [5, 5.41) is 11.9. The fraction of sp³-hybridized carbons (Fsp3) is 0.150. The molecule has 0 saturated heterocycles. The Bertz CT molecular complexity index is 1110. The molecule has 0 fully saturated rings. The highest BCUT2D eigenvalue weighted by Gasteiger charge is 2.26. The molecule has 1 N–H and O–H groups in total. The number of hydrogen-bond donors (Lipinski definition) is 1. The van der Waals surface area contributed by atoms with E-state index in [0.717, 1.165) is 0 Å². The molecule has 1 aliphatic rings. The summed E-state index contributed by atoms with van der Waals surface area (Å²) in [4.78, 5) is 4.45. The van der Waals surface area contributed by atoms with Gasteiger partial charge in [-0.05, 0) is 30.3 Å². The minimum Gasteiger partial charge on any atom is -0.299 e. The van der Waals surface area contributed by atoms with Crippen LogP contribution in [0.3, 0.4) is 0 Å². The van der Waals surface area contributed by atoms with Crippen molar-refractivity contribution in [2.75, 3.05) is 6.54 Å². The summed E-state index contributed by atoms with van der Waals surface area (Å²) in [6.45, 7) is 0.859. The summed E-state index contributed by atoms with van der Waals surface area (Å²) in [7, 11) is 0. The first kappa shape index (κ1) is 18.3. The van der Waals surface area contributed by atoms with Gasteiger partial charge in [0.2, 0.25) is 0 Å². The van der Waals surface area contributed by atoms with E-state index in [4.69, 9.17) is 18.0 Å². The van der Waals surface area contributed by atoms with Crippen LogP contribution in [0.15, 0.2) is 41.4 Å². The van der Waals surface area contributed by atoms with Crippen LogP contribution in [0.5, 0.6) is 0 Å². The second kappa shape index (κ2) is 7.50. The Hall–Kier alpha value is -3.08. The second-order valence-electron chi connectivity index (χ2n) is 6.10. The van der Waals surface area contributed by atoms with Crippen LogP contribution in [0.25, 0.3) is 5.69 Å². The summed E-state index contributed by atoms with van der Waals surface area (Å²) < 4.78 is 30.8. The molecular formula is C20H14ClF2N5. The lowest BCUT2D eigenvalue weighted by Gasteiger charge is -2.14. The quantitative estimate of drug-likeness (QED) is 0.543. The molecule has 140 valence electrons. The Morgan fingerprint density at radius 2 is 1.96 bits per heavy atom. The fourth-order valence-corrected chi connectivity index (χ4v) is 3.33. The molecule has 5 nitrogen and oxygen atoms in total. The van der Waals surface area contributed by atoms with Gasteiger partial charge in [0.25, 0.3) is 0 Å². The Morgan fingerprint density at radius 3 is 2.71 bits per heavy atom. The highest BCUT2D eigenvalue weighted by Crippen LogP contribution is 2.29. The summed E-state index contributed by atoms with van der Waals surface area (Å²) in [6.07, 6.45) is 5.28. The van der Waals surface area contributed by atoms with Crippen LogP contribution in [-0.2, 0) is 13.1 Å². The van der Waals surface area contributed by atoms with Crippen molar-refractivity contribution in [3.05, 3.63) is 75.8 Å². The molecule has 1 aliphatic heterocycles. The summed E-state index contributed by atoms with van der Waals surface area (Å²) in [5.41, 5.74) is 1.12. The average molecular weight is 398 g/mol. The standard InChI is InChI=1S/C20H14ClF2N5/c1-2-8-24-10-17-26-27-18-11-25-20(19-14(22)4-3-5-15(19)23)13-9-12(21)6-7-16(13)28(17)18/h1,3-7,9,24H,8,10-11H2. The van der Waals surface area contributed by atoms with Crippen molar-refractivity contribution >= 4 is 17.3 Å². The van der Waals surface area contributed by atoms with Crippen molar-refractivity contribution in [2.24, 2.45) is 4.99 Å². The van der Waals surface area contributed by atoms with Crippen molar-refractivity contribution in [3.8, 4) is 18.0 Å². The Balaban J connectivity index is 1.91. The van der Waals surface area contributed by atoms with Crippen molar-refractivity contribution in [2.45, 2.75) is 13.1 Å². The lowest BCUT2D eigenvalue weighted by Crippen LogP contribution is -2.18. The van der Waals surface area contributed by atoms with Crippen LogP contribution in [0.4, 0.5) is 8.78 Å². The molecule has 28 heavy (non-hydrogen) atoms. The van der Waals surface area contributed by atoms with E-state index in [-0.39, 0.29) is 17.8 Å². The third kappa shape index (κ3) is 3.17. The van der Waals surface area contributed by atoms with Gasteiger partial charge in [-0.15, -0.1) is 16.6 Å². The predicted octanol–water partition coefficient (Wildman–Crippen LogP) is 3.27. The number of benzene rings is 2. The normalized spacial score (nSPS) is 12.6. The number of hydrogen-bond acceptors (Lipinski definition) is 4. The molecule has 0 spiro atoms. The van der Waals surface area contributed by atoms with E-state index in [1.165, 1.54) is 18.2 Å². The topological polar surface area (TPSA) is 55.1 Å². The zero-order chi connectivity index (χ0) is 19.7. The maximum Gasteiger partial charge on any atom is 0.159 e. The monoisotopic (exact) mass is 397 g/mol. The second-order valence-corrected chi connectivity index (χ2v) is 6.53. The van der Waals surface area contributed by atoms with Gasteiger partial charge in [0, 0.05) is 10.6 Å². The smallest absolute Gasteiger partial charge is 0.159 e. The van der Waals surface area contributed by atoms with Crippen LogP contribution >= 0.6 is 11.6 Å². The van der Waals surface area contributed by atoms with Crippen molar-refractivity contribution in [1.82, 2.24) is 20.1 Å². The van der Waals surface area contributed by atoms with Gasteiger partial charge in [0.1, 0.15) is 18.2 Å². The van der Waals surface area contributed by atoms with Gasteiger partial charge >= 0.3 is 0 Å². The fourth-order valence-electron chi connectivity index (χ4n) is 3.16. The number of aromatic nitrogens is 3. The molecular weight excluding hydrogens is 384 g/mol. The van der Waals surface area contributed by atoms with E-state index in [2.05, 4.69) is 26.4 Å². The van der Waals surface area contributed by atoms with Crippen molar-refractivity contribution in [1.29, 1.82) is 0 Å². The minimum absolute atomic E-state index is 0.109. The molecule has 0 bridgehead atoms. The molecule has 2 aromatic carbocycles. The molecule has 2 heterocycles. The van der Waals surface area contributed by atoms with Gasteiger partial charge in [0.15, 0.2) is 11.6 Å². The highest BCUT2D eigenvalue weighted by molar-refractivity contribution is 6.31. The van der Waals surface area contributed by atoms with Gasteiger partial charge in [0.05, 0.1) is 30.1 Å². The van der Waals surface area contributed by atoms with Crippen LogP contribution in [-0.4, -0.2) is 27.0 Å². The number of halogens is 3. The van der Waals surface area contributed by atoms with Gasteiger partial charge in [-0.2, -0.15) is 0 Å². The largest absolute Gasteiger partial charge is 0.299 e. The van der Waals surface area contributed by atoms with E-state index >= 15 is 0 Å². The third-order valence-corrected chi connectivity index (χ3v) is 4.58. The van der Waals surface area contributed by atoms with Crippen molar-refractivity contribution < 1.29 is 8.78 Å². The van der Waals surface area contributed by atoms with Gasteiger partial charge in [-0.1, -0.05) is 23.6 Å². The van der Waals surface area contributed by atoms with E-state index in [0.29, 0.717) is 41.0 Å². The first-order valence-electron chi connectivity index (χ1n) is 8.46. The number of rotatable bonds is 4. The number of nitrogens with zero attached hydrogens (tertiary/aromatic N) is 4. The lowest BCUT2D eigenvalue weighted by atomic mass is 9.99. The van der Waals surface area contributed by atoms with E-state index in [1.807, 2.05) is 4.57 Å². The molecule has 8 heteroatoms. The third-order valence-electron chi connectivity index (χ3n) is 4.34. The summed E-state index contributed by atoms with van der Waals surface area (Å²) >= 11 is 6.19. The van der Waals surface area contributed by atoms with E-state index < -0.39 is 11.6 Å². The number of terminal acetylenes is 1. The number of nitrogens with one attached hydrogen (secondary N) is 1. The zero-order valence-electron chi connectivity index (χ0n) is 14.6. The molecule has 0 atom stereocenters. The van der Waals surface area contributed by atoms with E-state index in [1.54, 1.807) is 18.2 Å². The molecule has 0 saturated carbocycles. The molecule has 4 rings (SSSR count). The van der Waals surface area contributed by atoms with Crippen LogP contribution < -0.4 is 5.32 Å². The van der Waals surface area contributed by atoms with Crippen LogP contribution in [0.1, 0.15) is 22.8 Å². The highest BCUT2D eigenvalue weighted by atomic mass is 35.5. The molecule has 0 aliphatic carbocycles. The number of aliphatic imine (C=N–C) groups is 1. The molecule has 0 amide bonds. The van der Waals surface area contributed by atoms with Gasteiger partial charge in [-0.3, -0.25) is 14.9 Å². The zero-order valence-corrected chi connectivity index (χ0v) is 15.3. The molecule has 1 aromatic heterocycles. The average Bonchev–Trinajstić information content (AvgIpc) is 3.00. The molecule has 3 aromatic rings. The van der Waals surface area contributed by atoms with Crippen molar-refractivity contribution in [3.63, 3.8) is 0 Å². The number of fused-ring (bicyclic) bond motifs is 3. The minimum atomic E-state index is -0.696. The Kier molecular flexibility index (Phi) is 4.90. The lowest BCUT2D eigenvalue weighted by molar-refractivity contribution is 0.579. The maximum absolute atomic E-state index is 14.5. The molecule has 0 radical (unpaired) electrons. The van der Waals surface area contributed by atoms with Crippen LogP contribution in [0.2, 0.25) is 5.02 Å². The Morgan fingerprint density at radius 1 is 1.18 bits per heavy atom. The molecule has 0 unspecified atom stereocenters. The summed E-state index contributed by atoms with van der Waals surface area (Å²) in [5.74, 6) is 2.27. The predicted molar refractivity (Wildman–Crippen MR) is 103 cm³/mol. The van der Waals surface area contributed by atoms with Gasteiger partial charge < -0.3 is 0 Å². The summed E-state index contributed by atoms with van der Waals surface area (Å²) in [6, 6.07) is 8.80. The maximum atomic E-state index is 14.5. The van der Waals surface area contributed by atoms with Gasteiger partial charge in [-0.25, -0.2) is 8.78 Å². The SMILES string of the molecule is C#CCNCc1nnc2n1-c1ccc(Cl)cc1C(c1c(F)cccc1F)=NC2.